The molecule has 0 bridgehead atoms. The molecule has 0 aromatic heterocycles. The van der Waals surface area contributed by atoms with Crippen molar-refractivity contribution < 1.29 is 0 Å². The van der Waals surface area contributed by atoms with Gasteiger partial charge in [0.1, 0.15) is 0 Å². The van der Waals surface area contributed by atoms with Crippen LogP contribution in [0.25, 0.3) is 0 Å². The van der Waals surface area contributed by atoms with Gasteiger partial charge in [-0.1, -0.05) is 60.8 Å². The first kappa shape index (κ1) is 9.51. The van der Waals surface area contributed by atoms with Crippen LogP contribution in [-0.4, -0.2) is 6.71 Å². The summed E-state index contributed by atoms with van der Waals surface area (Å²) in [5.41, 5.74) is 4.68. The molecular weight excluding hydrogens is 191 g/mol. The molecule has 0 aromatic carbocycles. The first-order valence-corrected chi connectivity index (χ1v) is 5.78. The number of allylic oxidation sites excluding steroid dienone is 11. The highest BCUT2D eigenvalue weighted by Crippen LogP contribution is 2.36. The van der Waals surface area contributed by atoms with E-state index < -0.39 is 0 Å². The molecule has 3 rings (SSSR count). The van der Waals surface area contributed by atoms with E-state index >= 15 is 0 Å². The van der Waals surface area contributed by atoms with Crippen LogP contribution in [0.1, 0.15) is 0 Å². The second-order valence-electron chi connectivity index (χ2n) is 4.35. The topological polar surface area (TPSA) is 0 Å². The van der Waals surface area contributed by atoms with Crippen molar-refractivity contribution in [2.24, 2.45) is 0 Å². The number of rotatable bonds is 3. The van der Waals surface area contributed by atoms with E-state index in [1.165, 1.54) is 5.47 Å². The minimum atomic E-state index is 0.500. The summed E-state index contributed by atoms with van der Waals surface area (Å²) in [7, 11) is 0. The maximum atomic E-state index is 3.36. The summed E-state index contributed by atoms with van der Waals surface area (Å²) >= 11 is 0. The molecule has 0 saturated heterocycles. The van der Waals surface area contributed by atoms with E-state index in [9.17, 15) is 0 Å². The van der Waals surface area contributed by atoms with Crippen LogP contribution >= 0.6 is 0 Å². The van der Waals surface area contributed by atoms with Crippen molar-refractivity contribution in [2.75, 3.05) is 0 Å². The van der Waals surface area contributed by atoms with Crippen LogP contribution in [-0.2, 0) is 0 Å². The van der Waals surface area contributed by atoms with E-state index in [-0.39, 0.29) is 0 Å². The zero-order chi connectivity index (χ0) is 10.8. The van der Waals surface area contributed by atoms with Gasteiger partial charge in [-0.25, -0.2) is 0 Å². The van der Waals surface area contributed by atoms with Crippen LogP contribution in [0, 0.1) is 0 Å². The molecule has 0 nitrogen and oxygen atoms in total. The highest BCUT2D eigenvalue weighted by molar-refractivity contribution is 6.72. The van der Waals surface area contributed by atoms with Crippen LogP contribution in [0.4, 0.5) is 0 Å². The maximum absolute atomic E-state index is 3.36. The number of hydrogen-bond acceptors (Lipinski definition) is 0. The summed E-state index contributed by atoms with van der Waals surface area (Å²) in [5.74, 6) is 1.02. The molecule has 0 aromatic rings. The van der Waals surface area contributed by atoms with Crippen molar-refractivity contribution in [3.8, 4) is 0 Å². The monoisotopic (exact) mass is 204 g/mol. The Morgan fingerprint density at radius 1 is 0.812 bits per heavy atom. The first-order chi connectivity index (χ1) is 7.95. The second kappa shape index (κ2) is 4.04. The molecule has 0 spiro atoms. The third kappa shape index (κ3) is 1.60. The fraction of sp³-hybridized carbons (Fsp3) is 0.133. The van der Waals surface area contributed by atoms with Gasteiger partial charge in [-0.15, -0.1) is 5.73 Å². The Morgan fingerprint density at radius 3 is 1.81 bits per heavy atom. The fourth-order valence-corrected chi connectivity index (χ4v) is 2.60. The molecule has 3 aliphatic carbocycles. The Kier molecular flexibility index (Phi) is 2.40. The lowest BCUT2D eigenvalue weighted by Crippen LogP contribution is -2.24. The van der Waals surface area contributed by atoms with Crippen LogP contribution in [0.3, 0.4) is 0 Å². The van der Waals surface area contributed by atoms with E-state index in [0.29, 0.717) is 18.3 Å². The SMILES string of the molecule is C1=CC=CC=1B(C1C=CC=C1)C1C=CC=C1. The fourth-order valence-electron chi connectivity index (χ4n) is 2.60. The van der Waals surface area contributed by atoms with Crippen molar-refractivity contribution in [1.29, 1.82) is 0 Å². The second-order valence-corrected chi connectivity index (χ2v) is 4.35. The Labute approximate surface area is 96.8 Å². The van der Waals surface area contributed by atoms with Gasteiger partial charge >= 0.3 is 0 Å². The molecule has 0 N–H and O–H groups in total. The summed E-state index contributed by atoms with van der Waals surface area (Å²) in [6, 6.07) is 0. The summed E-state index contributed by atoms with van der Waals surface area (Å²) < 4.78 is 0. The third-order valence-corrected chi connectivity index (χ3v) is 3.37. The highest BCUT2D eigenvalue weighted by atomic mass is 14.1. The molecule has 1 heteroatoms. The van der Waals surface area contributed by atoms with Crippen molar-refractivity contribution in [2.45, 2.75) is 11.6 Å². The van der Waals surface area contributed by atoms with Crippen molar-refractivity contribution in [1.82, 2.24) is 0 Å². The van der Waals surface area contributed by atoms with E-state index in [0.717, 1.165) is 0 Å². The Hall–Kier alpha value is -1.72. The molecule has 0 aliphatic heterocycles. The highest BCUT2D eigenvalue weighted by Gasteiger charge is 2.32. The predicted molar refractivity (Wildman–Crippen MR) is 70.6 cm³/mol. The van der Waals surface area contributed by atoms with Gasteiger partial charge in [-0.05, 0) is 23.2 Å². The lowest BCUT2D eigenvalue weighted by atomic mass is 9.31. The largest absolute Gasteiger partial charge is 0.207 e. The van der Waals surface area contributed by atoms with Gasteiger partial charge in [-0.2, -0.15) is 0 Å². The molecule has 76 valence electrons. The molecule has 3 aliphatic rings. The lowest BCUT2D eigenvalue weighted by Gasteiger charge is -2.21. The van der Waals surface area contributed by atoms with Gasteiger partial charge in [0.05, 0.1) is 0 Å². The molecule has 0 fully saturated rings. The van der Waals surface area contributed by atoms with Crippen molar-refractivity contribution >= 4 is 6.71 Å². The van der Waals surface area contributed by atoms with Gasteiger partial charge in [0, 0.05) is 0 Å². The molecule has 0 radical (unpaired) electrons. The molecular formula is C15H13B. The van der Waals surface area contributed by atoms with Crippen LogP contribution in [0.2, 0.25) is 11.6 Å². The first-order valence-electron chi connectivity index (χ1n) is 5.78. The molecule has 0 saturated carbocycles. The minimum absolute atomic E-state index is 0.500. The van der Waals surface area contributed by atoms with Gasteiger partial charge in [-0.3, -0.25) is 0 Å². The van der Waals surface area contributed by atoms with E-state index in [1.807, 2.05) is 6.08 Å². The van der Waals surface area contributed by atoms with Crippen LogP contribution in [0.5, 0.6) is 0 Å². The lowest BCUT2D eigenvalue weighted by molar-refractivity contribution is 1.24. The molecule has 16 heavy (non-hydrogen) atoms. The van der Waals surface area contributed by atoms with Gasteiger partial charge < -0.3 is 0 Å². The van der Waals surface area contributed by atoms with Gasteiger partial charge in [0.15, 0.2) is 0 Å². The average Bonchev–Trinajstić information content (AvgIpc) is 3.02. The van der Waals surface area contributed by atoms with E-state index in [4.69, 9.17) is 0 Å². The van der Waals surface area contributed by atoms with Crippen molar-refractivity contribution in [3.63, 3.8) is 0 Å². The molecule has 0 heterocycles. The van der Waals surface area contributed by atoms with E-state index in [1.54, 1.807) is 0 Å². The Morgan fingerprint density at radius 2 is 1.38 bits per heavy atom. The zero-order valence-electron chi connectivity index (χ0n) is 9.08. The smallest absolute Gasteiger partial charge is 0.127 e. The molecule has 0 unspecified atom stereocenters. The Balaban J connectivity index is 1.94. The van der Waals surface area contributed by atoms with Crippen molar-refractivity contribution in [3.05, 3.63) is 78.0 Å². The number of hydrogen-bond donors (Lipinski definition) is 0. The zero-order valence-corrected chi connectivity index (χ0v) is 9.08. The Bertz CT molecular complexity index is 442. The minimum Gasteiger partial charge on any atom is -0.127 e. The summed E-state index contributed by atoms with van der Waals surface area (Å²) in [6.07, 6.45) is 24.0. The predicted octanol–water partition coefficient (Wildman–Crippen LogP) is 3.66. The van der Waals surface area contributed by atoms with E-state index in [2.05, 4.69) is 66.5 Å². The summed E-state index contributed by atoms with van der Waals surface area (Å²) in [4.78, 5) is 0. The molecule has 0 atom stereocenters. The maximum Gasteiger partial charge on any atom is 0.207 e. The van der Waals surface area contributed by atoms with Crippen LogP contribution in [0.15, 0.2) is 78.0 Å². The third-order valence-electron chi connectivity index (χ3n) is 3.37. The summed E-state index contributed by atoms with van der Waals surface area (Å²) in [6.45, 7) is 0.500. The standard InChI is InChI=1S/C15H13B/c1-2-8-13(7-1)16(14-9-3-4-10-14)15-11-5-6-12-15/h1-11,13-14H. The average molecular weight is 204 g/mol. The van der Waals surface area contributed by atoms with Gasteiger partial charge in [0.25, 0.3) is 0 Å². The molecule has 0 amide bonds. The normalized spacial score (nSPS) is 21.6. The summed E-state index contributed by atoms with van der Waals surface area (Å²) in [5, 5.41) is 0. The van der Waals surface area contributed by atoms with Crippen LogP contribution < -0.4 is 0 Å². The quantitative estimate of drug-likeness (QED) is 0.486. The van der Waals surface area contributed by atoms with Gasteiger partial charge in [0.2, 0.25) is 6.71 Å².